The number of likely N-dealkylation sites (tertiary alicyclic amines) is 1. The van der Waals surface area contributed by atoms with Crippen LogP contribution in [0.1, 0.15) is 37.5 Å². The molecule has 1 amide bonds. The SMILES string of the molecule is COCCO[C@@H](C)C(=O)N1CCC[C@H]1c1noc(C)n1. The van der Waals surface area contributed by atoms with E-state index in [1.54, 1.807) is 25.9 Å². The normalized spacial score (nSPS) is 20.4. The summed E-state index contributed by atoms with van der Waals surface area (Å²) >= 11 is 0. The van der Waals surface area contributed by atoms with Crippen LogP contribution < -0.4 is 0 Å². The smallest absolute Gasteiger partial charge is 0.252 e. The van der Waals surface area contributed by atoms with Crippen molar-refractivity contribution in [1.82, 2.24) is 15.0 Å². The van der Waals surface area contributed by atoms with E-state index in [4.69, 9.17) is 14.0 Å². The molecule has 1 aliphatic rings. The number of ether oxygens (including phenoxy) is 2. The lowest BCUT2D eigenvalue weighted by molar-refractivity contribution is -0.144. The summed E-state index contributed by atoms with van der Waals surface area (Å²) in [7, 11) is 1.60. The van der Waals surface area contributed by atoms with Gasteiger partial charge in [-0.3, -0.25) is 4.79 Å². The van der Waals surface area contributed by atoms with E-state index in [-0.39, 0.29) is 11.9 Å². The highest BCUT2D eigenvalue weighted by Crippen LogP contribution is 2.30. The molecule has 0 aromatic carbocycles. The molecule has 2 atom stereocenters. The van der Waals surface area contributed by atoms with Crippen LogP contribution in [0, 0.1) is 6.92 Å². The van der Waals surface area contributed by atoms with E-state index in [0.29, 0.717) is 31.5 Å². The summed E-state index contributed by atoms with van der Waals surface area (Å²) in [5, 5.41) is 3.92. The van der Waals surface area contributed by atoms with Gasteiger partial charge < -0.3 is 18.9 Å². The number of carbonyl (C=O) groups is 1. The van der Waals surface area contributed by atoms with E-state index < -0.39 is 6.10 Å². The van der Waals surface area contributed by atoms with E-state index in [1.807, 2.05) is 0 Å². The Balaban J connectivity index is 1.97. The van der Waals surface area contributed by atoms with Gasteiger partial charge in [0.05, 0.1) is 19.3 Å². The van der Waals surface area contributed by atoms with Crippen molar-refractivity contribution < 1.29 is 18.8 Å². The summed E-state index contributed by atoms with van der Waals surface area (Å²) in [6.45, 7) is 5.09. The van der Waals surface area contributed by atoms with Gasteiger partial charge >= 0.3 is 0 Å². The number of amides is 1. The minimum absolute atomic E-state index is 0.0361. The number of aromatic nitrogens is 2. The molecule has 0 unspecified atom stereocenters. The second kappa shape index (κ2) is 6.81. The highest BCUT2D eigenvalue weighted by Gasteiger charge is 2.35. The Bertz CT molecular complexity index is 449. The molecule has 1 saturated heterocycles. The van der Waals surface area contributed by atoms with E-state index in [9.17, 15) is 4.79 Å². The molecule has 0 N–H and O–H groups in total. The number of aryl methyl sites for hydroxylation is 1. The van der Waals surface area contributed by atoms with Crippen LogP contribution in [0.25, 0.3) is 0 Å². The number of carbonyl (C=O) groups excluding carboxylic acids is 1. The molecule has 0 saturated carbocycles. The molecule has 7 nitrogen and oxygen atoms in total. The molecule has 1 fully saturated rings. The number of rotatable bonds is 6. The standard InChI is InChI=1S/C13H21N3O4/c1-9(19-8-7-18-3)13(17)16-6-4-5-11(16)12-14-10(2)20-15-12/h9,11H,4-8H2,1-3H3/t9-,11-/m0/s1. The molecule has 112 valence electrons. The molecule has 1 aliphatic heterocycles. The highest BCUT2D eigenvalue weighted by atomic mass is 16.5. The van der Waals surface area contributed by atoms with Crippen molar-refractivity contribution in [2.24, 2.45) is 0 Å². The molecule has 1 aromatic rings. The van der Waals surface area contributed by atoms with E-state index in [2.05, 4.69) is 10.1 Å². The first kappa shape index (κ1) is 14.9. The summed E-state index contributed by atoms with van der Waals surface area (Å²) in [5.41, 5.74) is 0. The summed E-state index contributed by atoms with van der Waals surface area (Å²) in [4.78, 5) is 18.4. The molecular formula is C13H21N3O4. The third-order valence-electron chi connectivity index (χ3n) is 3.38. The van der Waals surface area contributed by atoms with Gasteiger partial charge in [0.15, 0.2) is 5.82 Å². The summed E-state index contributed by atoms with van der Waals surface area (Å²) in [5.74, 6) is 1.06. The lowest BCUT2D eigenvalue weighted by Gasteiger charge is -2.25. The Morgan fingerprint density at radius 3 is 3.00 bits per heavy atom. The van der Waals surface area contributed by atoms with Crippen LogP contribution in [0.3, 0.4) is 0 Å². The second-order valence-electron chi connectivity index (χ2n) is 4.87. The third-order valence-corrected chi connectivity index (χ3v) is 3.38. The summed E-state index contributed by atoms with van der Waals surface area (Å²) in [6, 6.07) is -0.103. The van der Waals surface area contributed by atoms with Gasteiger partial charge in [-0.05, 0) is 19.8 Å². The Kier molecular flexibility index (Phi) is 5.08. The molecule has 0 bridgehead atoms. The highest BCUT2D eigenvalue weighted by molar-refractivity contribution is 5.81. The zero-order chi connectivity index (χ0) is 14.5. The van der Waals surface area contributed by atoms with Crippen LogP contribution in [-0.2, 0) is 14.3 Å². The zero-order valence-corrected chi connectivity index (χ0v) is 12.2. The average Bonchev–Trinajstić information content (AvgIpc) is 3.06. The predicted octanol–water partition coefficient (Wildman–Crippen LogP) is 1.09. The van der Waals surface area contributed by atoms with Gasteiger partial charge in [0.2, 0.25) is 5.89 Å². The van der Waals surface area contributed by atoms with Crippen LogP contribution in [0.2, 0.25) is 0 Å². The minimum atomic E-state index is -0.487. The van der Waals surface area contributed by atoms with Crippen LogP contribution in [0.15, 0.2) is 4.52 Å². The van der Waals surface area contributed by atoms with Crippen molar-refractivity contribution in [2.75, 3.05) is 26.9 Å². The first-order valence-corrected chi connectivity index (χ1v) is 6.84. The van der Waals surface area contributed by atoms with Crippen molar-refractivity contribution in [3.63, 3.8) is 0 Å². The predicted molar refractivity (Wildman–Crippen MR) is 70.0 cm³/mol. The Morgan fingerprint density at radius 2 is 2.35 bits per heavy atom. The monoisotopic (exact) mass is 283 g/mol. The third kappa shape index (κ3) is 3.34. The second-order valence-corrected chi connectivity index (χ2v) is 4.87. The zero-order valence-electron chi connectivity index (χ0n) is 12.2. The molecule has 20 heavy (non-hydrogen) atoms. The van der Waals surface area contributed by atoms with E-state index in [1.165, 1.54) is 0 Å². The largest absolute Gasteiger partial charge is 0.382 e. The van der Waals surface area contributed by atoms with Gasteiger partial charge in [-0.1, -0.05) is 5.16 Å². The number of hydrogen-bond donors (Lipinski definition) is 0. The fourth-order valence-corrected chi connectivity index (χ4v) is 2.36. The molecular weight excluding hydrogens is 262 g/mol. The molecule has 2 heterocycles. The number of nitrogens with zero attached hydrogens (tertiary/aromatic N) is 3. The van der Waals surface area contributed by atoms with Crippen LogP contribution >= 0.6 is 0 Å². The quantitative estimate of drug-likeness (QED) is 0.727. The minimum Gasteiger partial charge on any atom is -0.382 e. The summed E-state index contributed by atoms with van der Waals surface area (Å²) < 4.78 is 15.4. The first-order valence-electron chi connectivity index (χ1n) is 6.84. The molecule has 1 aromatic heterocycles. The van der Waals surface area contributed by atoms with Crippen LogP contribution in [0.5, 0.6) is 0 Å². The molecule has 7 heteroatoms. The Hall–Kier alpha value is -1.47. The number of methoxy groups -OCH3 is 1. The van der Waals surface area contributed by atoms with E-state index >= 15 is 0 Å². The Morgan fingerprint density at radius 1 is 1.55 bits per heavy atom. The molecule has 0 aliphatic carbocycles. The molecule has 0 spiro atoms. The van der Waals surface area contributed by atoms with Gasteiger partial charge in [0.1, 0.15) is 6.10 Å². The molecule has 2 rings (SSSR count). The van der Waals surface area contributed by atoms with Gasteiger partial charge in [-0.15, -0.1) is 0 Å². The van der Waals surface area contributed by atoms with Crippen LogP contribution in [-0.4, -0.2) is 53.9 Å². The van der Waals surface area contributed by atoms with E-state index in [0.717, 1.165) is 12.8 Å². The lowest BCUT2D eigenvalue weighted by atomic mass is 10.2. The fraction of sp³-hybridized carbons (Fsp3) is 0.769. The topological polar surface area (TPSA) is 77.7 Å². The van der Waals surface area contributed by atoms with Crippen molar-refractivity contribution >= 4 is 5.91 Å². The fourth-order valence-electron chi connectivity index (χ4n) is 2.36. The maximum absolute atomic E-state index is 12.4. The Labute approximate surface area is 118 Å². The summed E-state index contributed by atoms with van der Waals surface area (Å²) in [6.07, 6.45) is 1.31. The van der Waals surface area contributed by atoms with Crippen molar-refractivity contribution in [1.29, 1.82) is 0 Å². The van der Waals surface area contributed by atoms with Crippen molar-refractivity contribution in [2.45, 2.75) is 38.8 Å². The number of hydrogen-bond acceptors (Lipinski definition) is 6. The van der Waals surface area contributed by atoms with Gasteiger partial charge in [-0.25, -0.2) is 0 Å². The lowest BCUT2D eigenvalue weighted by Crippen LogP contribution is -2.39. The first-order chi connectivity index (χ1) is 9.63. The van der Waals surface area contributed by atoms with Gasteiger partial charge in [0, 0.05) is 20.6 Å². The average molecular weight is 283 g/mol. The van der Waals surface area contributed by atoms with Gasteiger partial charge in [-0.2, -0.15) is 4.98 Å². The van der Waals surface area contributed by atoms with Crippen LogP contribution in [0.4, 0.5) is 0 Å². The maximum Gasteiger partial charge on any atom is 0.252 e. The molecule has 0 radical (unpaired) electrons. The van der Waals surface area contributed by atoms with Crippen molar-refractivity contribution in [3.8, 4) is 0 Å². The maximum atomic E-state index is 12.4. The van der Waals surface area contributed by atoms with Crippen molar-refractivity contribution in [3.05, 3.63) is 11.7 Å². The van der Waals surface area contributed by atoms with Gasteiger partial charge in [0.25, 0.3) is 5.91 Å².